The van der Waals surface area contributed by atoms with E-state index >= 15 is 0 Å². The fourth-order valence-corrected chi connectivity index (χ4v) is 4.91. The highest BCUT2D eigenvalue weighted by molar-refractivity contribution is 6.79. The zero-order valence-electron chi connectivity index (χ0n) is 9.89. The molecule has 0 spiro atoms. The normalized spacial score (nSPS) is 26.8. The molecule has 0 radical (unpaired) electrons. The third-order valence-electron chi connectivity index (χ3n) is 2.78. The maximum Gasteiger partial charge on any atom is 0.215 e. The zero-order chi connectivity index (χ0) is 11.5. The van der Waals surface area contributed by atoms with Crippen LogP contribution in [0.15, 0.2) is 10.8 Å². The summed E-state index contributed by atoms with van der Waals surface area (Å²) in [6.45, 7) is 8.02. The number of aldehydes is 1. The molecule has 0 aromatic rings. The topological polar surface area (TPSA) is 26.3 Å². The SMILES string of the molecule is CC#CCC1C/C(=C(\C)C=O)[Si](C)(C)O1. The Balaban J connectivity index is 2.84. The Morgan fingerprint density at radius 3 is 2.87 bits per heavy atom. The summed E-state index contributed by atoms with van der Waals surface area (Å²) in [5, 5.41) is 1.25. The second-order valence-electron chi connectivity index (χ2n) is 4.36. The smallest absolute Gasteiger partial charge is 0.215 e. The van der Waals surface area contributed by atoms with Crippen molar-refractivity contribution in [3.05, 3.63) is 10.8 Å². The van der Waals surface area contributed by atoms with Crippen LogP contribution in [-0.2, 0) is 9.22 Å². The molecule has 82 valence electrons. The van der Waals surface area contributed by atoms with Crippen LogP contribution in [-0.4, -0.2) is 20.7 Å². The molecule has 1 unspecified atom stereocenters. The maximum absolute atomic E-state index is 10.8. The predicted molar refractivity (Wildman–Crippen MR) is 63.8 cm³/mol. The lowest BCUT2D eigenvalue weighted by Crippen LogP contribution is -2.29. The number of carbonyl (C=O) groups is 1. The van der Waals surface area contributed by atoms with Gasteiger partial charge in [-0.1, -0.05) is 0 Å². The molecule has 1 aliphatic heterocycles. The van der Waals surface area contributed by atoms with Crippen molar-refractivity contribution in [2.75, 3.05) is 0 Å². The molecule has 15 heavy (non-hydrogen) atoms. The molecule has 1 saturated heterocycles. The molecule has 1 aliphatic rings. The quantitative estimate of drug-likeness (QED) is 0.310. The van der Waals surface area contributed by atoms with Crippen molar-refractivity contribution in [2.24, 2.45) is 0 Å². The van der Waals surface area contributed by atoms with E-state index in [0.29, 0.717) is 0 Å². The fourth-order valence-electron chi connectivity index (χ4n) is 2.04. The molecule has 0 bridgehead atoms. The van der Waals surface area contributed by atoms with Crippen LogP contribution in [0.1, 0.15) is 26.7 Å². The Kier molecular flexibility index (Phi) is 3.89. The lowest BCUT2D eigenvalue weighted by Gasteiger charge is -2.17. The molecule has 1 rings (SSSR count). The number of allylic oxidation sites excluding steroid dienone is 1. The second-order valence-corrected chi connectivity index (χ2v) is 8.22. The van der Waals surface area contributed by atoms with Crippen LogP contribution in [0.2, 0.25) is 13.1 Å². The Hall–Kier alpha value is -0.853. The first-order valence-corrected chi connectivity index (χ1v) is 8.15. The van der Waals surface area contributed by atoms with E-state index in [9.17, 15) is 4.79 Å². The molecule has 0 aliphatic carbocycles. The fraction of sp³-hybridized carbons (Fsp3) is 0.583. The lowest BCUT2D eigenvalue weighted by molar-refractivity contribution is -0.104. The molecule has 0 amide bonds. The van der Waals surface area contributed by atoms with Crippen molar-refractivity contribution in [1.82, 2.24) is 0 Å². The van der Waals surface area contributed by atoms with Gasteiger partial charge in [0.25, 0.3) is 0 Å². The first-order chi connectivity index (χ1) is 7.01. The first kappa shape index (κ1) is 12.2. The number of hydrogen-bond acceptors (Lipinski definition) is 2. The van der Waals surface area contributed by atoms with Crippen molar-refractivity contribution in [1.29, 1.82) is 0 Å². The molecule has 1 atom stereocenters. The number of hydrogen-bond donors (Lipinski definition) is 0. The van der Waals surface area contributed by atoms with Crippen molar-refractivity contribution in [3.63, 3.8) is 0 Å². The lowest BCUT2D eigenvalue weighted by atomic mass is 10.1. The summed E-state index contributed by atoms with van der Waals surface area (Å²) in [5.41, 5.74) is 0.860. The van der Waals surface area contributed by atoms with Gasteiger partial charge in [0.15, 0.2) is 0 Å². The van der Waals surface area contributed by atoms with Gasteiger partial charge < -0.3 is 4.43 Å². The van der Waals surface area contributed by atoms with Crippen molar-refractivity contribution < 1.29 is 9.22 Å². The maximum atomic E-state index is 10.8. The highest BCUT2D eigenvalue weighted by atomic mass is 28.4. The van der Waals surface area contributed by atoms with E-state index in [4.69, 9.17) is 4.43 Å². The molecule has 3 heteroatoms. The third-order valence-corrected chi connectivity index (χ3v) is 5.75. The molecule has 0 N–H and O–H groups in total. The monoisotopic (exact) mass is 222 g/mol. The van der Waals surface area contributed by atoms with Crippen LogP contribution in [0.4, 0.5) is 0 Å². The van der Waals surface area contributed by atoms with Gasteiger partial charge >= 0.3 is 0 Å². The van der Waals surface area contributed by atoms with E-state index in [2.05, 4.69) is 24.9 Å². The van der Waals surface area contributed by atoms with E-state index < -0.39 is 8.32 Å². The minimum absolute atomic E-state index is 0.198. The minimum atomic E-state index is -1.79. The van der Waals surface area contributed by atoms with E-state index in [0.717, 1.165) is 24.7 Å². The summed E-state index contributed by atoms with van der Waals surface area (Å²) in [6, 6.07) is 0. The largest absolute Gasteiger partial charge is 0.409 e. The summed E-state index contributed by atoms with van der Waals surface area (Å²) in [5.74, 6) is 5.92. The van der Waals surface area contributed by atoms with Gasteiger partial charge in [-0.3, -0.25) is 4.79 Å². The minimum Gasteiger partial charge on any atom is -0.409 e. The van der Waals surface area contributed by atoms with E-state index in [1.54, 1.807) is 0 Å². The Morgan fingerprint density at radius 1 is 1.67 bits per heavy atom. The third kappa shape index (κ3) is 2.80. The summed E-state index contributed by atoms with van der Waals surface area (Å²) in [4.78, 5) is 10.8. The van der Waals surface area contributed by atoms with Gasteiger partial charge in [0.05, 0.1) is 6.10 Å². The highest BCUT2D eigenvalue weighted by Gasteiger charge is 2.39. The summed E-state index contributed by atoms with van der Waals surface area (Å²) in [7, 11) is -1.79. The van der Waals surface area contributed by atoms with Gasteiger partial charge in [-0.05, 0) is 44.1 Å². The summed E-state index contributed by atoms with van der Waals surface area (Å²) >= 11 is 0. The predicted octanol–water partition coefficient (Wildman–Crippen LogP) is 2.45. The van der Waals surface area contributed by atoms with Crippen molar-refractivity contribution >= 4 is 14.6 Å². The van der Waals surface area contributed by atoms with E-state index in [1.807, 2.05) is 13.8 Å². The van der Waals surface area contributed by atoms with Gasteiger partial charge in [0, 0.05) is 6.42 Å². The summed E-state index contributed by atoms with van der Waals surface area (Å²) < 4.78 is 6.01. The molecule has 1 fully saturated rings. The molecule has 2 nitrogen and oxygen atoms in total. The molecule has 0 saturated carbocycles. The van der Waals surface area contributed by atoms with Gasteiger partial charge in [0.1, 0.15) is 6.29 Å². The molecule has 0 aromatic heterocycles. The average molecular weight is 222 g/mol. The summed E-state index contributed by atoms with van der Waals surface area (Å²) in [6.07, 6.45) is 2.81. The van der Waals surface area contributed by atoms with Crippen LogP contribution in [0.3, 0.4) is 0 Å². The van der Waals surface area contributed by atoms with Crippen LogP contribution >= 0.6 is 0 Å². The van der Waals surface area contributed by atoms with Crippen molar-refractivity contribution in [3.8, 4) is 11.8 Å². The van der Waals surface area contributed by atoms with Gasteiger partial charge in [-0.15, -0.1) is 11.8 Å². The number of carbonyl (C=O) groups excluding carboxylic acids is 1. The molecule has 0 aromatic carbocycles. The van der Waals surface area contributed by atoms with E-state index in [1.165, 1.54) is 5.20 Å². The standard InChI is InChI=1S/C12H18O2Si/c1-5-6-7-11-8-12(10(2)9-13)15(3,4)14-11/h9,11H,7-8H2,1-4H3/b12-10-. The Morgan fingerprint density at radius 2 is 2.33 bits per heavy atom. The molecule has 1 heterocycles. The highest BCUT2D eigenvalue weighted by Crippen LogP contribution is 2.34. The van der Waals surface area contributed by atoms with Crippen LogP contribution in [0.5, 0.6) is 0 Å². The Bertz CT molecular complexity index is 344. The van der Waals surface area contributed by atoms with E-state index in [-0.39, 0.29) is 6.10 Å². The van der Waals surface area contributed by atoms with Gasteiger partial charge in [0.2, 0.25) is 8.32 Å². The van der Waals surface area contributed by atoms with Crippen LogP contribution in [0, 0.1) is 11.8 Å². The van der Waals surface area contributed by atoms with Crippen molar-refractivity contribution in [2.45, 2.75) is 45.9 Å². The van der Waals surface area contributed by atoms with Gasteiger partial charge in [-0.25, -0.2) is 0 Å². The molecular weight excluding hydrogens is 204 g/mol. The second kappa shape index (κ2) is 4.78. The van der Waals surface area contributed by atoms with Gasteiger partial charge in [-0.2, -0.15) is 0 Å². The zero-order valence-corrected chi connectivity index (χ0v) is 10.9. The number of rotatable bonds is 2. The Labute approximate surface area is 92.8 Å². The average Bonchev–Trinajstić information content (AvgIpc) is 2.49. The van der Waals surface area contributed by atoms with Crippen LogP contribution in [0.25, 0.3) is 0 Å². The first-order valence-electron chi connectivity index (χ1n) is 5.24. The molecular formula is C12H18O2Si. The van der Waals surface area contributed by atoms with Crippen LogP contribution < -0.4 is 0 Å².